The van der Waals surface area contributed by atoms with Crippen molar-refractivity contribution in [1.29, 1.82) is 0 Å². The zero-order chi connectivity index (χ0) is 22.1. The lowest BCUT2D eigenvalue weighted by Gasteiger charge is -2.13. The van der Waals surface area contributed by atoms with E-state index < -0.39 is 0 Å². The SMILES string of the molecule is Cc1cc(C)c(-c2ccc([CH]c3ccc(-c4c(C)cc(C)cc4C)cc3)cc2)c(C)c1. The first-order valence-electron chi connectivity index (χ1n) is 11.0. The molecule has 0 aliphatic carbocycles. The van der Waals surface area contributed by atoms with Crippen LogP contribution >= 0.6 is 0 Å². The van der Waals surface area contributed by atoms with Crippen molar-refractivity contribution in [2.75, 3.05) is 0 Å². The fourth-order valence-corrected chi connectivity index (χ4v) is 4.96. The van der Waals surface area contributed by atoms with Gasteiger partial charge < -0.3 is 0 Å². The summed E-state index contributed by atoms with van der Waals surface area (Å²) in [7, 11) is 0. The smallest absolute Gasteiger partial charge is 0.0199 e. The highest BCUT2D eigenvalue weighted by Gasteiger charge is 2.09. The van der Waals surface area contributed by atoms with E-state index in [2.05, 4.69) is 121 Å². The molecule has 0 aliphatic rings. The lowest BCUT2D eigenvalue weighted by atomic mass is 9.92. The third kappa shape index (κ3) is 4.49. The number of hydrogen-bond donors (Lipinski definition) is 0. The van der Waals surface area contributed by atoms with E-state index in [1.807, 2.05) is 0 Å². The predicted octanol–water partition coefficient (Wildman–Crippen LogP) is 8.47. The summed E-state index contributed by atoms with van der Waals surface area (Å²) in [5, 5.41) is 0. The van der Waals surface area contributed by atoms with Crippen LogP contribution in [0.1, 0.15) is 44.5 Å². The Morgan fingerprint density at radius 3 is 1.00 bits per heavy atom. The van der Waals surface area contributed by atoms with Crippen molar-refractivity contribution in [2.45, 2.75) is 41.5 Å². The number of hydrogen-bond acceptors (Lipinski definition) is 0. The summed E-state index contributed by atoms with van der Waals surface area (Å²) < 4.78 is 0. The molecule has 0 fully saturated rings. The average molecular weight is 404 g/mol. The second-order valence-electron chi connectivity index (χ2n) is 8.94. The van der Waals surface area contributed by atoms with Crippen LogP contribution < -0.4 is 0 Å². The first kappa shape index (κ1) is 21.1. The molecule has 1 radical (unpaired) electrons. The Labute approximate surface area is 187 Å². The van der Waals surface area contributed by atoms with Crippen LogP contribution in [0, 0.1) is 48.0 Å². The van der Waals surface area contributed by atoms with Gasteiger partial charge in [-0.1, -0.05) is 83.9 Å². The van der Waals surface area contributed by atoms with Gasteiger partial charge in [-0.25, -0.2) is 0 Å². The zero-order valence-corrected chi connectivity index (χ0v) is 19.5. The van der Waals surface area contributed by atoms with Crippen LogP contribution in [-0.2, 0) is 0 Å². The van der Waals surface area contributed by atoms with Crippen molar-refractivity contribution < 1.29 is 0 Å². The van der Waals surface area contributed by atoms with Crippen LogP contribution in [-0.4, -0.2) is 0 Å². The zero-order valence-electron chi connectivity index (χ0n) is 19.5. The molecule has 0 amide bonds. The van der Waals surface area contributed by atoms with Gasteiger partial charge in [-0.2, -0.15) is 0 Å². The summed E-state index contributed by atoms with van der Waals surface area (Å²) in [5.41, 5.74) is 15.7. The summed E-state index contributed by atoms with van der Waals surface area (Å²) in [6, 6.07) is 26.9. The topological polar surface area (TPSA) is 0 Å². The third-order valence-electron chi connectivity index (χ3n) is 6.09. The summed E-state index contributed by atoms with van der Waals surface area (Å²) >= 11 is 0. The minimum atomic E-state index is 1.22. The molecule has 0 heterocycles. The van der Waals surface area contributed by atoms with E-state index in [9.17, 15) is 0 Å². The molecular weight excluding hydrogens is 372 g/mol. The van der Waals surface area contributed by atoms with Crippen LogP contribution in [0.4, 0.5) is 0 Å². The van der Waals surface area contributed by atoms with E-state index in [0.29, 0.717) is 0 Å². The van der Waals surface area contributed by atoms with Gasteiger partial charge in [-0.3, -0.25) is 0 Å². The standard InChI is InChI=1S/C31H31/c1-20-15-22(3)30(23(4)16-20)28-11-7-26(8-12-28)19-27-9-13-29(14-10-27)31-24(5)17-21(2)18-25(31)6/h7-19H,1-6H3. The molecule has 155 valence electrons. The Kier molecular flexibility index (Phi) is 5.83. The lowest BCUT2D eigenvalue weighted by Crippen LogP contribution is -1.92. The van der Waals surface area contributed by atoms with Crippen LogP contribution in [0.2, 0.25) is 0 Å². The monoisotopic (exact) mass is 403 g/mol. The molecule has 0 unspecified atom stereocenters. The largest absolute Gasteiger partial charge is 0.0578 e. The highest BCUT2D eigenvalue weighted by molar-refractivity contribution is 5.73. The first-order valence-corrected chi connectivity index (χ1v) is 11.0. The first-order chi connectivity index (χ1) is 14.8. The van der Waals surface area contributed by atoms with Gasteiger partial charge in [-0.15, -0.1) is 0 Å². The van der Waals surface area contributed by atoms with E-state index in [4.69, 9.17) is 0 Å². The Bertz CT molecular complexity index is 1080. The molecule has 4 rings (SSSR count). The van der Waals surface area contributed by atoms with Crippen molar-refractivity contribution in [3.8, 4) is 22.3 Å². The summed E-state index contributed by atoms with van der Waals surface area (Å²) in [5.74, 6) is 0. The van der Waals surface area contributed by atoms with Gasteiger partial charge in [0.1, 0.15) is 0 Å². The maximum atomic E-state index is 2.27. The molecule has 0 nitrogen and oxygen atoms in total. The number of benzene rings is 4. The Morgan fingerprint density at radius 2 is 0.710 bits per heavy atom. The molecule has 0 saturated heterocycles. The highest BCUT2D eigenvalue weighted by Crippen LogP contribution is 2.31. The second kappa shape index (κ2) is 8.55. The number of aryl methyl sites for hydroxylation is 6. The molecule has 4 aromatic carbocycles. The quantitative estimate of drug-likeness (QED) is 0.320. The van der Waals surface area contributed by atoms with Crippen molar-refractivity contribution in [2.24, 2.45) is 0 Å². The van der Waals surface area contributed by atoms with Gasteiger partial charge in [0, 0.05) is 6.42 Å². The fourth-order valence-electron chi connectivity index (χ4n) is 4.96. The predicted molar refractivity (Wildman–Crippen MR) is 135 cm³/mol. The second-order valence-corrected chi connectivity index (χ2v) is 8.94. The van der Waals surface area contributed by atoms with E-state index in [1.54, 1.807) is 0 Å². The number of rotatable bonds is 4. The Balaban J connectivity index is 1.54. The molecule has 0 saturated carbocycles. The highest BCUT2D eigenvalue weighted by atomic mass is 14.1. The van der Waals surface area contributed by atoms with Gasteiger partial charge in [0.15, 0.2) is 0 Å². The van der Waals surface area contributed by atoms with Crippen LogP contribution in [0.15, 0.2) is 72.8 Å². The Morgan fingerprint density at radius 1 is 0.419 bits per heavy atom. The van der Waals surface area contributed by atoms with Gasteiger partial charge in [-0.05, 0) is 97.2 Å². The van der Waals surface area contributed by atoms with E-state index in [1.165, 1.54) is 66.8 Å². The fraction of sp³-hybridized carbons (Fsp3) is 0.194. The van der Waals surface area contributed by atoms with E-state index in [-0.39, 0.29) is 0 Å². The maximum Gasteiger partial charge on any atom is 0.0199 e. The molecule has 31 heavy (non-hydrogen) atoms. The molecule has 0 atom stereocenters. The Hall–Kier alpha value is -3.12. The molecule has 0 heteroatoms. The normalized spacial score (nSPS) is 11.0. The third-order valence-corrected chi connectivity index (χ3v) is 6.09. The van der Waals surface area contributed by atoms with Crippen molar-refractivity contribution in [3.63, 3.8) is 0 Å². The van der Waals surface area contributed by atoms with Crippen molar-refractivity contribution in [1.82, 2.24) is 0 Å². The van der Waals surface area contributed by atoms with Crippen LogP contribution in [0.3, 0.4) is 0 Å². The average Bonchev–Trinajstić information content (AvgIpc) is 2.69. The lowest BCUT2D eigenvalue weighted by molar-refractivity contribution is 1.31. The summed E-state index contributed by atoms with van der Waals surface area (Å²) in [6.07, 6.45) is 2.25. The molecular formula is C31H31. The van der Waals surface area contributed by atoms with Gasteiger partial charge in [0.25, 0.3) is 0 Å². The summed E-state index contributed by atoms with van der Waals surface area (Å²) in [4.78, 5) is 0. The minimum absolute atomic E-state index is 1.22. The molecule has 0 bridgehead atoms. The molecule has 0 spiro atoms. The van der Waals surface area contributed by atoms with Crippen molar-refractivity contribution in [3.05, 3.63) is 124 Å². The molecule has 0 aromatic heterocycles. The van der Waals surface area contributed by atoms with Crippen molar-refractivity contribution >= 4 is 0 Å². The van der Waals surface area contributed by atoms with Gasteiger partial charge in [0.2, 0.25) is 0 Å². The maximum absolute atomic E-state index is 2.27. The molecule has 0 aliphatic heterocycles. The minimum Gasteiger partial charge on any atom is -0.0578 e. The van der Waals surface area contributed by atoms with Crippen LogP contribution in [0.25, 0.3) is 22.3 Å². The van der Waals surface area contributed by atoms with E-state index >= 15 is 0 Å². The van der Waals surface area contributed by atoms with Gasteiger partial charge >= 0.3 is 0 Å². The molecule has 0 N–H and O–H groups in total. The van der Waals surface area contributed by atoms with Crippen LogP contribution in [0.5, 0.6) is 0 Å². The van der Waals surface area contributed by atoms with Gasteiger partial charge in [0.05, 0.1) is 0 Å². The molecule has 4 aromatic rings. The van der Waals surface area contributed by atoms with E-state index in [0.717, 1.165) is 0 Å². The summed E-state index contributed by atoms with van der Waals surface area (Å²) in [6.45, 7) is 13.1.